The molecule has 2 amide bonds. The smallest absolute Gasteiger partial charge is 0.315 e. The van der Waals surface area contributed by atoms with E-state index in [1.807, 2.05) is 20.0 Å². The molecule has 3 N–H and O–H groups in total. The van der Waals surface area contributed by atoms with Crippen LogP contribution < -0.4 is 10.6 Å². The predicted molar refractivity (Wildman–Crippen MR) is 86.2 cm³/mol. The lowest BCUT2D eigenvalue weighted by Crippen LogP contribution is -2.45. The number of thiazole rings is 1. The highest BCUT2D eigenvalue weighted by Gasteiger charge is 2.21. The van der Waals surface area contributed by atoms with Crippen LogP contribution in [-0.4, -0.2) is 33.8 Å². The number of amides is 2. The van der Waals surface area contributed by atoms with E-state index in [-0.39, 0.29) is 12.1 Å². The first-order chi connectivity index (χ1) is 10.6. The summed E-state index contributed by atoms with van der Waals surface area (Å²) in [6, 6.07) is 0.0900. The molecular weight excluding hydrogens is 298 g/mol. The second-order valence-corrected chi connectivity index (χ2v) is 6.99. The summed E-state index contributed by atoms with van der Waals surface area (Å²) in [5.41, 5.74) is 3.49. The summed E-state index contributed by atoms with van der Waals surface area (Å²) in [6.45, 7) is 4.66. The van der Waals surface area contributed by atoms with Crippen molar-refractivity contribution in [2.75, 3.05) is 6.54 Å². The Bertz CT molecular complexity index is 663. The Kier molecular flexibility index (Phi) is 4.42. The van der Waals surface area contributed by atoms with Crippen molar-refractivity contribution in [2.24, 2.45) is 0 Å². The van der Waals surface area contributed by atoms with Crippen LogP contribution in [0, 0.1) is 13.8 Å². The molecule has 1 atom stereocenters. The number of carbonyl (C=O) groups is 1. The maximum Gasteiger partial charge on any atom is 0.315 e. The van der Waals surface area contributed by atoms with Crippen LogP contribution in [0.4, 0.5) is 4.79 Å². The van der Waals surface area contributed by atoms with E-state index in [1.165, 1.54) is 10.4 Å². The largest absolute Gasteiger partial charge is 0.338 e. The third-order valence-corrected chi connectivity index (χ3v) is 5.13. The number of hydrogen-bond acceptors (Lipinski definition) is 4. The van der Waals surface area contributed by atoms with Gasteiger partial charge in [0, 0.05) is 36.0 Å². The van der Waals surface area contributed by atoms with E-state index in [0.29, 0.717) is 6.54 Å². The monoisotopic (exact) mass is 319 g/mol. The van der Waals surface area contributed by atoms with Gasteiger partial charge in [0.25, 0.3) is 0 Å². The zero-order valence-corrected chi connectivity index (χ0v) is 13.7. The summed E-state index contributed by atoms with van der Waals surface area (Å²) >= 11 is 1.70. The fourth-order valence-electron chi connectivity index (χ4n) is 2.86. The number of aromatic amines is 1. The average Bonchev–Trinajstić information content (AvgIpc) is 3.05. The van der Waals surface area contributed by atoms with Gasteiger partial charge < -0.3 is 10.6 Å². The fraction of sp³-hybridized carbons (Fsp3) is 0.533. The molecule has 6 nitrogen and oxygen atoms in total. The number of carbonyl (C=O) groups excluding carboxylic acids is 1. The molecule has 22 heavy (non-hydrogen) atoms. The molecule has 0 radical (unpaired) electrons. The van der Waals surface area contributed by atoms with Crippen LogP contribution in [0.5, 0.6) is 0 Å². The standard InChI is InChI=1S/C15H21N5OS/c1-9-14(22-10(2)18-9)5-6-16-15(21)19-12-4-3-11-8-17-20-13(11)7-12/h8,12H,3-7H2,1-2H3,(H,17,20)(H2,16,19,21)/t12-/m0/s1. The van der Waals surface area contributed by atoms with Crippen molar-refractivity contribution in [1.82, 2.24) is 25.8 Å². The number of rotatable bonds is 4. The number of aryl methyl sites for hydroxylation is 3. The minimum absolute atomic E-state index is 0.0909. The maximum atomic E-state index is 12.0. The Labute approximate surface area is 133 Å². The first-order valence-electron chi connectivity index (χ1n) is 7.60. The van der Waals surface area contributed by atoms with Crippen molar-refractivity contribution >= 4 is 17.4 Å². The number of urea groups is 1. The molecule has 0 spiro atoms. The van der Waals surface area contributed by atoms with Gasteiger partial charge in [0.15, 0.2) is 0 Å². The fourth-order valence-corrected chi connectivity index (χ4v) is 3.80. The molecule has 0 saturated carbocycles. The van der Waals surface area contributed by atoms with E-state index in [2.05, 4.69) is 25.8 Å². The summed E-state index contributed by atoms with van der Waals surface area (Å²) in [5, 5.41) is 14.1. The summed E-state index contributed by atoms with van der Waals surface area (Å²) in [5.74, 6) is 0. The molecule has 0 aliphatic heterocycles. The zero-order chi connectivity index (χ0) is 15.5. The molecule has 0 aromatic carbocycles. The van der Waals surface area contributed by atoms with Crippen LogP contribution in [0.1, 0.15) is 33.3 Å². The third kappa shape index (κ3) is 3.47. The molecule has 118 valence electrons. The van der Waals surface area contributed by atoms with Crippen LogP contribution in [0.2, 0.25) is 0 Å². The van der Waals surface area contributed by atoms with E-state index in [1.54, 1.807) is 11.3 Å². The van der Waals surface area contributed by atoms with Crippen molar-refractivity contribution in [2.45, 2.75) is 45.6 Å². The number of nitrogens with one attached hydrogen (secondary N) is 3. The summed E-state index contributed by atoms with van der Waals surface area (Å²) in [7, 11) is 0. The summed E-state index contributed by atoms with van der Waals surface area (Å²) in [6.07, 6.45) is 5.48. The van der Waals surface area contributed by atoms with Crippen molar-refractivity contribution in [1.29, 1.82) is 0 Å². The molecule has 2 heterocycles. The summed E-state index contributed by atoms with van der Waals surface area (Å²) < 4.78 is 0. The number of aromatic nitrogens is 3. The quantitative estimate of drug-likeness (QED) is 0.804. The van der Waals surface area contributed by atoms with E-state index < -0.39 is 0 Å². The molecule has 0 saturated heterocycles. The van der Waals surface area contributed by atoms with Crippen LogP contribution in [-0.2, 0) is 19.3 Å². The number of fused-ring (bicyclic) bond motifs is 1. The lowest BCUT2D eigenvalue weighted by molar-refractivity contribution is 0.235. The number of nitrogens with zero attached hydrogens (tertiary/aromatic N) is 2. The first kappa shape index (κ1) is 15.0. The van der Waals surface area contributed by atoms with Crippen LogP contribution >= 0.6 is 11.3 Å². The van der Waals surface area contributed by atoms with Gasteiger partial charge in [0.1, 0.15) is 0 Å². The molecule has 1 aliphatic rings. The maximum absolute atomic E-state index is 12.0. The van der Waals surface area contributed by atoms with Gasteiger partial charge in [-0.3, -0.25) is 5.10 Å². The van der Waals surface area contributed by atoms with Crippen LogP contribution in [0.25, 0.3) is 0 Å². The highest BCUT2D eigenvalue weighted by molar-refractivity contribution is 7.11. The SMILES string of the molecule is Cc1nc(C)c(CCNC(=O)N[C@H]2CCc3cn[nH]c3C2)s1. The van der Waals surface area contributed by atoms with Crippen LogP contribution in [0.3, 0.4) is 0 Å². The van der Waals surface area contributed by atoms with Gasteiger partial charge in [-0.2, -0.15) is 5.10 Å². The van der Waals surface area contributed by atoms with Gasteiger partial charge in [-0.25, -0.2) is 9.78 Å². The Balaban J connectivity index is 1.42. The van der Waals surface area contributed by atoms with Crippen molar-refractivity contribution in [3.63, 3.8) is 0 Å². The Hall–Kier alpha value is -1.89. The molecule has 1 aliphatic carbocycles. The zero-order valence-electron chi connectivity index (χ0n) is 12.9. The molecule has 2 aromatic rings. The Morgan fingerprint density at radius 1 is 1.50 bits per heavy atom. The molecule has 0 fully saturated rings. The third-order valence-electron chi connectivity index (χ3n) is 3.99. The first-order valence-corrected chi connectivity index (χ1v) is 8.42. The predicted octanol–water partition coefficient (Wildman–Crippen LogP) is 1.88. The molecule has 0 unspecified atom stereocenters. The molecule has 3 rings (SSSR count). The molecular formula is C15H21N5OS. The highest BCUT2D eigenvalue weighted by atomic mass is 32.1. The van der Waals surface area contributed by atoms with E-state index in [0.717, 1.165) is 42.1 Å². The van der Waals surface area contributed by atoms with Gasteiger partial charge in [-0.1, -0.05) is 0 Å². The van der Waals surface area contributed by atoms with E-state index >= 15 is 0 Å². The van der Waals surface area contributed by atoms with Gasteiger partial charge >= 0.3 is 6.03 Å². The van der Waals surface area contributed by atoms with E-state index in [9.17, 15) is 4.79 Å². The topological polar surface area (TPSA) is 82.7 Å². The van der Waals surface area contributed by atoms with Crippen molar-refractivity contribution in [3.8, 4) is 0 Å². The second kappa shape index (κ2) is 6.48. The summed E-state index contributed by atoms with van der Waals surface area (Å²) in [4.78, 5) is 17.6. The van der Waals surface area contributed by atoms with Gasteiger partial charge in [0.05, 0.1) is 16.9 Å². The van der Waals surface area contributed by atoms with Crippen LogP contribution in [0.15, 0.2) is 6.20 Å². The average molecular weight is 319 g/mol. The lowest BCUT2D eigenvalue weighted by atomic mass is 9.94. The molecule has 7 heteroatoms. The van der Waals surface area contributed by atoms with Gasteiger partial charge in [0.2, 0.25) is 0 Å². The second-order valence-electron chi connectivity index (χ2n) is 5.71. The minimum atomic E-state index is -0.0909. The van der Waals surface area contributed by atoms with Crippen molar-refractivity contribution in [3.05, 3.63) is 33.0 Å². The van der Waals surface area contributed by atoms with E-state index in [4.69, 9.17) is 0 Å². The highest BCUT2D eigenvalue weighted by Crippen LogP contribution is 2.19. The number of H-pyrrole nitrogens is 1. The van der Waals surface area contributed by atoms with Gasteiger partial charge in [-0.05, 0) is 32.3 Å². The Morgan fingerprint density at radius 2 is 2.36 bits per heavy atom. The molecule has 0 bridgehead atoms. The lowest BCUT2D eigenvalue weighted by Gasteiger charge is -2.22. The normalized spacial score (nSPS) is 17.1. The molecule has 2 aromatic heterocycles. The number of hydrogen-bond donors (Lipinski definition) is 3. The van der Waals surface area contributed by atoms with Crippen molar-refractivity contribution < 1.29 is 4.79 Å². The Morgan fingerprint density at radius 3 is 3.14 bits per heavy atom. The van der Waals surface area contributed by atoms with Gasteiger partial charge in [-0.15, -0.1) is 11.3 Å². The minimum Gasteiger partial charge on any atom is -0.338 e.